The van der Waals surface area contributed by atoms with Gasteiger partial charge in [-0.05, 0) is 18.1 Å². The Balaban J connectivity index is 2.63. The van der Waals surface area contributed by atoms with Crippen molar-refractivity contribution in [3.63, 3.8) is 0 Å². The highest BCUT2D eigenvalue weighted by atomic mass is 35.5. The number of carbonyl (C=O) groups is 2. The van der Waals surface area contributed by atoms with E-state index < -0.39 is 17.8 Å². The second-order valence-corrected chi connectivity index (χ2v) is 4.69. The van der Waals surface area contributed by atoms with Gasteiger partial charge in [0.15, 0.2) is 0 Å². The van der Waals surface area contributed by atoms with Crippen molar-refractivity contribution in [2.75, 3.05) is 6.54 Å². The van der Waals surface area contributed by atoms with Gasteiger partial charge in [0.05, 0.1) is 5.92 Å². The third-order valence-corrected chi connectivity index (χ3v) is 2.79. The van der Waals surface area contributed by atoms with Crippen molar-refractivity contribution in [3.8, 4) is 0 Å². The molecule has 0 saturated heterocycles. The van der Waals surface area contributed by atoms with Gasteiger partial charge in [-0.25, -0.2) is 0 Å². The molecule has 0 radical (unpaired) electrons. The third-order valence-electron chi connectivity index (χ3n) is 2.56. The molecule has 6 heteroatoms. The molecule has 0 bridgehead atoms. The SMILES string of the molecule is CC(C)C(CNC(=O)c1cc(Cl)ccn1)C(=O)O. The number of pyridine rings is 1. The molecule has 0 aromatic carbocycles. The lowest BCUT2D eigenvalue weighted by Gasteiger charge is -2.16. The van der Waals surface area contributed by atoms with E-state index in [4.69, 9.17) is 16.7 Å². The van der Waals surface area contributed by atoms with Crippen LogP contribution in [-0.4, -0.2) is 28.5 Å². The summed E-state index contributed by atoms with van der Waals surface area (Å²) in [4.78, 5) is 26.5. The predicted octanol–water partition coefficient (Wildman–Crippen LogP) is 1.82. The number of hydrogen-bond acceptors (Lipinski definition) is 3. The van der Waals surface area contributed by atoms with E-state index in [2.05, 4.69) is 10.3 Å². The number of carboxylic acid groups (broad SMARTS) is 1. The van der Waals surface area contributed by atoms with Gasteiger partial charge in [-0.2, -0.15) is 0 Å². The molecular formula is C12H15ClN2O3. The van der Waals surface area contributed by atoms with E-state index in [9.17, 15) is 9.59 Å². The van der Waals surface area contributed by atoms with E-state index in [1.165, 1.54) is 12.3 Å². The van der Waals surface area contributed by atoms with Crippen LogP contribution in [-0.2, 0) is 4.79 Å². The van der Waals surface area contributed by atoms with Crippen molar-refractivity contribution in [1.82, 2.24) is 10.3 Å². The van der Waals surface area contributed by atoms with Gasteiger partial charge in [0.25, 0.3) is 5.91 Å². The number of nitrogens with zero attached hydrogens (tertiary/aromatic N) is 1. The van der Waals surface area contributed by atoms with E-state index >= 15 is 0 Å². The fraction of sp³-hybridized carbons (Fsp3) is 0.417. The first kappa shape index (κ1) is 14.4. The summed E-state index contributed by atoms with van der Waals surface area (Å²) in [6.07, 6.45) is 1.42. The Morgan fingerprint density at radius 3 is 2.67 bits per heavy atom. The van der Waals surface area contributed by atoms with Crippen molar-refractivity contribution in [1.29, 1.82) is 0 Å². The Hall–Kier alpha value is -1.62. The number of rotatable bonds is 5. The molecule has 98 valence electrons. The number of halogens is 1. The highest BCUT2D eigenvalue weighted by molar-refractivity contribution is 6.30. The average molecular weight is 271 g/mol. The minimum absolute atomic E-state index is 0.0601. The molecule has 18 heavy (non-hydrogen) atoms. The molecule has 1 rings (SSSR count). The first-order valence-corrected chi connectivity index (χ1v) is 5.92. The van der Waals surface area contributed by atoms with Crippen LogP contribution in [0.1, 0.15) is 24.3 Å². The number of hydrogen-bond donors (Lipinski definition) is 2. The van der Waals surface area contributed by atoms with Crippen LogP contribution in [0.4, 0.5) is 0 Å². The number of nitrogens with one attached hydrogen (secondary N) is 1. The summed E-state index contributed by atoms with van der Waals surface area (Å²) >= 11 is 5.74. The minimum Gasteiger partial charge on any atom is -0.481 e. The first-order chi connectivity index (χ1) is 8.41. The molecule has 0 aliphatic carbocycles. The standard InChI is InChI=1S/C12H15ClN2O3/c1-7(2)9(12(17)18)6-15-11(16)10-5-8(13)3-4-14-10/h3-5,7,9H,6H2,1-2H3,(H,15,16)(H,17,18). The zero-order valence-electron chi connectivity index (χ0n) is 10.2. The van der Waals surface area contributed by atoms with Crippen molar-refractivity contribution in [2.45, 2.75) is 13.8 Å². The number of carboxylic acids is 1. The van der Waals surface area contributed by atoms with E-state index in [0.29, 0.717) is 5.02 Å². The van der Waals surface area contributed by atoms with Crippen LogP contribution in [0.25, 0.3) is 0 Å². The van der Waals surface area contributed by atoms with Gasteiger partial charge in [0.1, 0.15) is 5.69 Å². The Bertz CT molecular complexity index is 449. The molecule has 0 aliphatic heterocycles. The van der Waals surface area contributed by atoms with Gasteiger partial charge in [0, 0.05) is 17.8 Å². The van der Waals surface area contributed by atoms with Crippen LogP contribution in [0.2, 0.25) is 5.02 Å². The Labute approximate surface area is 110 Å². The summed E-state index contributed by atoms with van der Waals surface area (Å²) in [7, 11) is 0. The van der Waals surface area contributed by atoms with Gasteiger partial charge in [0.2, 0.25) is 0 Å². The number of aliphatic carboxylic acids is 1. The number of carbonyl (C=O) groups excluding carboxylic acids is 1. The molecule has 1 aromatic heterocycles. The third kappa shape index (κ3) is 4.00. The summed E-state index contributed by atoms with van der Waals surface area (Å²) < 4.78 is 0. The first-order valence-electron chi connectivity index (χ1n) is 5.54. The maximum absolute atomic E-state index is 11.7. The number of amides is 1. The van der Waals surface area contributed by atoms with Crippen LogP contribution in [0.5, 0.6) is 0 Å². The molecule has 1 atom stereocenters. The Kier molecular flexibility index (Phi) is 5.09. The van der Waals surface area contributed by atoms with Crippen molar-refractivity contribution in [3.05, 3.63) is 29.0 Å². The smallest absolute Gasteiger partial charge is 0.308 e. The molecule has 1 heterocycles. The summed E-state index contributed by atoms with van der Waals surface area (Å²) in [5.74, 6) is -2.03. The van der Waals surface area contributed by atoms with Crippen LogP contribution in [0, 0.1) is 11.8 Å². The average Bonchev–Trinajstić information content (AvgIpc) is 2.28. The Morgan fingerprint density at radius 2 is 2.17 bits per heavy atom. The van der Waals surface area contributed by atoms with Crippen LogP contribution in [0.3, 0.4) is 0 Å². The lowest BCUT2D eigenvalue weighted by atomic mass is 9.96. The molecule has 1 unspecified atom stereocenters. The van der Waals surface area contributed by atoms with E-state index in [0.717, 1.165) is 0 Å². The van der Waals surface area contributed by atoms with E-state index in [-0.39, 0.29) is 18.2 Å². The molecule has 0 spiro atoms. The maximum atomic E-state index is 11.7. The van der Waals surface area contributed by atoms with Crippen LogP contribution < -0.4 is 5.32 Å². The molecule has 1 amide bonds. The molecule has 0 aliphatic rings. The second-order valence-electron chi connectivity index (χ2n) is 4.26. The quantitative estimate of drug-likeness (QED) is 0.855. The summed E-state index contributed by atoms with van der Waals surface area (Å²) in [5.41, 5.74) is 0.176. The fourth-order valence-electron chi connectivity index (χ4n) is 1.43. The lowest BCUT2D eigenvalue weighted by Crippen LogP contribution is -2.35. The topological polar surface area (TPSA) is 79.3 Å². The Morgan fingerprint density at radius 1 is 1.50 bits per heavy atom. The molecule has 0 fully saturated rings. The number of aromatic nitrogens is 1. The van der Waals surface area contributed by atoms with Crippen molar-refractivity contribution < 1.29 is 14.7 Å². The zero-order chi connectivity index (χ0) is 13.7. The summed E-state index contributed by atoms with van der Waals surface area (Å²) in [6.45, 7) is 3.66. The second kappa shape index (κ2) is 6.35. The van der Waals surface area contributed by atoms with E-state index in [1.54, 1.807) is 19.9 Å². The molecule has 1 aromatic rings. The fourth-order valence-corrected chi connectivity index (χ4v) is 1.59. The maximum Gasteiger partial charge on any atom is 0.308 e. The zero-order valence-corrected chi connectivity index (χ0v) is 10.9. The predicted molar refractivity (Wildman–Crippen MR) is 67.5 cm³/mol. The largest absolute Gasteiger partial charge is 0.481 e. The van der Waals surface area contributed by atoms with Crippen LogP contribution >= 0.6 is 11.6 Å². The molecule has 0 saturated carbocycles. The normalized spacial score (nSPS) is 12.2. The molecule has 2 N–H and O–H groups in total. The van der Waals surface area contributed by atoms with Crippen LogP contribution in [0.15, 0.2) is 18.3 Å². The highest BCUT2D eigenvalue weighted by Gasteiger charge is 2.22. The van der Waals surface area contributed by atoms with E-state index in [1.807, 2.05) is 0 Å². The lowest BCUT2D eigenvalue weighted by molar-refractivity contribution is -0.142. The monoisotopic (exact) mass is 270 g/mol. The molecule has 5 nitrogen and oxygen atoms in total. The minimum atomic E-state index is -0.927. The van der Waals surface area contributed by atoms with Gasteiger partial charge in [-0.1, -0.05) is 25.4 Å². The highest BCUT2D eigenvalue weighted by Crippen LogP contribution is 2.11. The van der Waals surface area contributed by atoms with Crippen molar-refractivity contribution in [2.24, 2.45) is 11.8 Å². The van der Waals surface area contributed by atoms with Gasteiger partial charge in [-0.15, -0.1) is 0 Å². The summed E-state index contributed by atoms with van der Waals surface area (Å²) in [5, 5.41) is 11.9. The summed E-state index contributed by atoms with van der Waals surface area (Å²) in [6, 6.07) is 2.99. The van der Waals surface area contributed by atoms with Crippen molar-refractivity contribution >= 4 is 23.5 Å². The van der Waals surface area contributed by atoms with Gasteiger partial charge >= 0.3 is 5.97 Å². The van der Waals surface area contributed by atoms with Gasteiger partial charge < -0.3 is 10.4 Å². The molecular weight excluding hydrogens is 256 g/mol. The van der Waals surface area contributed by atoms with Gasteiger partial charge in [-0.3, -0.25) is 14.6 Å².